The lowest BCUT2D eigenvalue weighted by Crippen LogP contribution is -2.02. The van der Waals surface area contributed by atoms with Crippen LogP contribution >= 0.6 is 0 Å². The van der Waals surface area contributed by atoms with Gasteiger partial charge in [-0.1, -0.05) is 12.1 Å². The van der Waals surface area contributed by atoms with Gasteiger partial charge in [0.25, 0.3) is 0 Å². The molecule has 0 amide bonds. The quantitative estimate of drug-likeness (QED) is 0.822. The first-order valence-corrected chi connectivity index (χ1v) is 6.91. The van der Waals surface area contributed by atoms with Crippen molar-refractivity contribution in [2.24, 2.45) is 0 Å². The van der Waals surface area contributed by atoms with E-state index in [9.17, 15) is 0 Å². The van der Waals surface area contributed by atoms with E-state index in [1.807, 2.05) is 42.5 Å². The number of aliphatic hydroxyl groups excluding tert-OH is 1. The number of ether oxygens (including phenoxy) is 2. The Kier molecular flexibility index (Phi) is 5.46. The molecule has 0 aliphatic carbocycles. The van der Waals surface area contributed by atoms with Crippen molar-refractivity contribution in [2.75, 3.05) is 26.1 Å². The SMILES string of the molecule is COc1ccc(OC)c(CNc2ccc(CCO)cc2)c1. The van der Waals surface area contributed by atoms with Crippen LogP contribution in [0.5, 0.6) is 11.5 Å². The van der Waals surface area contributed by atoms with Crippen molar-refractivity contribution < 1.29 is 14.6 Å². The van der Waals surface area contributed by atoms with Crippen LogP contribution in [0.3, 0.4) is 0 Å². The number of hydrogen-bond acceptors (Lipinski definition) is 4. The lowest BCUT2D eigenvalue weighted by molar-refractivity contribution is 0.299. The minimum atomic E-state index is 0.174. The first-order valence-electron chi connectivity index (χ1n) is 6.91. The van der Waals surface area contributed by atoms with Crippen LogP contribution in [0, 0.1) is 0 Å². The number of rotatable bonds is 7. The molecule has 112 valence electrons. The van der Waals surface area contributed by atoms with E-state index in [4.69, 9.17) is 14.6 Å². The molecular formula is C17H21NO3. The average molecular weight is 287 g/mol. The molecule has 0 aliphatic rings. The third kappa shape index (κ3) is 4.13. The van der Waals surface area contributed by atoms with Gasteiger partial charge < -0.3 is 19.9 Å². The van der Waals surface area contributed by atoms with E-state index >= 15 is 0 Å². The van der Waals surface area contributed by atoms with Gasteiger partial charge in [-0.05, 0) is 42.3 Å². The molecular weight excluding hydrogens is 266 g/mol. The van der Waals surface area contributed by atoms with Crippen LogP contribution in [0.25, 0.3) is 0 Å². The van der Waals surface area contributed by atoms with Crippen LogP contribution in [-0.4, -0.2) is 25.9 Å². The summed E-state index contributed by atoms with van der Waals surface area (Å²) in [5, 5.41) is 12.3. The lowest BCUT2D eigenvalue weighted by atomic mass is 10.1. The Bertz CT molecular complexity index is 567. The van der Waals surface area contributed by atoms with Crippen molar-refractivity contribution in [1.82, 2.24) is 0 Å². The van der Waals surface area contributed by atoms with Crippen LogP contribution in [0.2, 0.25) is 0 Å². The predicted molar refractivity (Wildman–Crippen MR) is 84.1 cm³/mol. The Labute approximate surface area is 125 Å². The van der Waals surface area contributed by atoms with Crippen molar-refractivity contribution in [1.29, 1.82) is 0 Å². The Morgan fingerprint density at radius 3 is 2.38 bits per heavy atom. The second kappa shape index (κ2) is 7.55. The van der Waals surface area contributed by atoms with E-state index in [2.05, 4.69) is 5.32 Å². The van der Waals surface area contributed by atoms with Crippen molar-refractivity contribution in [3.8, 4) is 11.5 Å². The normalized spacial score (nSPS) is 10.2. The average Bonchev–Trinajstić information content (AvgIpc) is 2.54. The summed E-state index contributed by atoms with van der Waals surface area (Å²) in [4.78, 5) is 0. The maximum Gasteiger partial charge on any atom is 0.124 e. The number of hydrogen-bond donors (Lipinski definition) is 2. The van der Waals surface area contributed by atoms with E-state index in [-0.39, 0.29) is 6.61 Å². The molecule has 0 saturated carbocycles. The van der Waals surface area contributed by atoms with Gasteiger partial charge in [-0.15, -0.1) is 0 Å². The molecule has 2 rings (SSSR count). The maximum atomic E-state index is 8.91. The van der Waals surface area contributed by atoms with Gasteiger partial charge in [-0.2, -0.15) is 0 Å². The Hall–Kier alpha value is -2.20. The molecule has 0 bridgehead atoms. The van der Waals surface area contributed by atoms with E-state index < -0.39 is 0 Å². The summed E-state index contributed by atoms with van der Waals surface area (Å²) in [6.07, 6.45) is 0.685. The van der Waals surface area contributed by atoms with E-state index in [1.165, 1.54) is 0 Å². The monoisotopic (exact) mass is 287 g/mol. The summed E-state index contributed by atoms with van der Waals surface area (Å²) in [6, 6.07) is 13.8. The molecule has 21 heavy (non-hydrogen) atoms. The van der Waals surface area contributed by atoms with Crippen LogP contribution in [0.15, 0.2) is 42.5 Å². The fourth-order valence-electron chi connectivity index (χ4n) is 2.14. The second-order valence-corrected chi connectivity index (χ2v) is 4.70. The first kappa shape index (κ1) is 15.2. The topological polar surface area (TPSA) is 50.7 Å². The number of aliphatic hydroxyl groups is 1. The summed E-state index contributed by atoms with van der Waals surface area (Å²) in [5.74, 6) is 1.64. The minimum absolute atomic E-state index is 0.174. The number of anilines is 1. The standard InChI is InChI=1S/C17H21NO3/c1-20-16-7-8-17(21-2)14(11-16)12-18-15-5-3-13(4-6-15)9-10-19/h3-8,11,18-19H,9-10,12H2,1-2H3. The van der Waals surface area contributed by atoms with Crippen molar-refractivity contribution >= 4 is 5.69 Å². The molecule has 0 fully saturated rings. The van der Waals surface area contributed by atoms with Crippen LogP contribution in [0.1, 0.15) is 11.1 Å². The molecule has 2 aromatic carbocycles. The Morgan fingerprint density at radius 2 is 1.76 bits per heavy atom. The van der Waals surface area contributed by atoms with E-state index in [0.29, 0.717) is 13.0 Å². The zero-order valence-electron chi connectivity index (χ0n) is 12.4. The largest absolute Gasteiger partial charge is 0.497 e. The van der Waals surface area contributed by atoms with Crippen LogP contribution in [-0.2, 0) is 13.0 Å². The van der Waals surface area contributed by atoms with Gasteiger partial charge >= 0.3 is 0 Å². The first-order chi connectivity index (χ1) is 10.3. The van der Waals surface area contributed by atoms with Gasteiger partial charge in [0.1, 0.15) is 11.5 Å². The molecule has 0 unspecified atom stereocenters. The van der Waals surface area contributed by atoms with Crippen LogP contribution in [0.4, 0.5) is 5.69 Å². The highest BCUT2D eigenvalue weighted by atomic mass is 16.5. The molecule has 4 nitrogen and oxygen atoms in total. The van der Waals surface area contributed by atoms with Gasteiger partial charge in [0.15, 0.2) is 0 Å². The smallest absolute Gasteiger partial charge is 0.124 e. The minimum Gasteiger partial charge on any atom is -0.497 e. The highest BCUT2D eigenvalue weighted by Gasteiger charge is 2.05. The molecule has 0 saturated heterocycles. The highest BCUT2D eigenvalue weighted by molar-refractivity contribution is 5.48. The van der Waals surface area contributed by atoms with Gasteiger partial charge in [0.05, 0.1) is 14.2 Å². The van der Waals surface area contributed by atoms with Crippen LogP contribution < -0.4 is 14.8 Å². The summed E-state index contributed by atoms with van der Waals surface area (Å²) < 4.78 is 10.6. The number of benzene rings is 2. The lowest BCUT2D eigenvalue weighted by Gasteiger charge is -2.12. The van der Waals surface area contributed by atoms with Crippen molar-refractivity contribution in [2.45, 2.75) is 13.0 Å². The highest BCUT2D eigenvalue weighted by Crippen LogP contribution is 2.24. The van der Waals surface area contributed by atoms with E-state index in [1.54, 1.807) is 14.2 Å². The molecule has 0 atom stereocenters. The molecule has 2 aromatic rings. The maximum absolute atomic E-state index is 8.91. The third-order valence-corrected chi connectivity index (χ3v) is 3.32. The molecule has 0 radical (unpaired) electrons. The summed E-state index contributed by atoms with van der Waals surface area (Å²) in [5.41, 5.74) is 3.19. The summed E-state index contributed by atoms with van der Waals surface area (Å²) in [7, 11) is 3.31. The number of methoxy groups -OCH3 is 2. The van der Waals surface area contributed by atoms with Gasteiger partial charge in [0.2, 0.25) is 0 Å². The fourth-order valence-corrected chi connectivity index (χ4v) is 2.14. The third-order valence-electron chi connectivity index (χ3n) is 3.32. The number of nitrogens with one attached hydrogen (secondary N) is 1. The molecule has 0 spiro atoms. The van der Waals surface area contributed by atoms with E-state index in [0.717, 1.165) is 28.3 Å². The zero-order valence-corrected chi connectivity index (χ0v) is 12.4. The summed E-state index contributed by atoms with van der Waals surface area (Å²) in [6.45, 7) is 0.827. The van der Waals surface area contributed by atoms with Gasteiger partial charge in [-0.3, -0.25) is 0 Å². The molecule has 0 aromatic heterocycles. The Balaban J connectivity index is 2.04. The fraction of sp³-hybridized carbons (Fsp3) is 0.294. The van der Waals surface area contributed by atoms with Gasteiger partial charge in [0, 0.05) is 24.4 Å². The Morgan fingerprint density at radius 1 is 1.00 bits per heavy atom. The zero-order chi connectivity index (χ0) is 15.1. The van der Waals surface area contributed by atoms with Crippen molar-refractivity contribution in [3.63, 3.8) is 0 Å². The van der Waals surface area contributed by atoms with Crippen molar-refractivity contribution in [3.05, 3.63) is 53.6 Å². The summed E-state index contributed by atoms with van der Waals surface area (Å²) >= 11 is 0. The predicted octanol–water partition coefficient (Wildman–Crippen LogP) is 2.85. The molecule has 0 heterocycles. The molecule has 4 heteroatoms. The van der Waals surface area contributed by atoms with Gasteiger partial charge in [-0.25, -0.2) is 0 Å². The molecule has 2 N–H and O–H groups in total. The molecule has 0 aliphatic heterocycles. The second-order valence-electron chi connectivity index (χ2n) is 4.70.